The van der Waals surface area contributed by atoms with Crippen molar-refractivity contribution >= 4 is 5.91 Å². The third-order valence-electron chi connectivity index (χ3n) is 4.43. The van der Waals surface area contributed by atoms with Gasteiger partial charge in [-0.05, 0) is 37.8 Å². The Morgan fingerprint density at radius 3 is 2.95 bits per heavy atom. The fraction of sp³-hybridized carbons (Fsp3) is 0.667. The average molecular weight is 279 g/mol. The Morgan fingerprint density at radius 1 is 1.50 bits per heavy atom. The van der Waals surface area contributed by atoms with Gasteiger partial charge < -0.3 is 18.8 Å². The van der Waals surface area contributed by atoms with Crippen LogP contribution in [0, 0.1) is 12.8 Å². The van der Waals surface area contributed by atoms with E-state index in [0.29, 0.717) is 24.8 Å². The number of amides is 1. The number of aryl methyl sites for hydroxylation is 1. The molecule has 1 aromatic rings. The van der Waals surface area contributed by atoms with Crippen LogP contribution in [0.5, 0.6) is 0 Å². The largest absolute Gasteiger partial charge is 0.456 e. The molecule has 1 atom stereocenters. The van der Waals surface area contributed by atoms with Crippen LogP contribution < -0.4 is 0 Å². The van der Waals surface area contributed by atoms with E-state index < -0.39 is 0 Å². The topological polar surface area (TPSA) is 51.9 Å². The number of furan rings is 1. The van der Waals surface area contributed by atoms with Crippen LogP contribution in [0.2, 0.25) is 0 Å². The summed E-state index contributed by atoms with van der Waals surface area (Å²) < 4.78 is 16.5. The van der Waals surface area contributed by atoms with Crippen molar-refractivity contribution in [3.05, 3.63) is 23.7 Å². The number of ether oxygens (including phenoxy) is 2. The molecule has 2 fully saturated rings. The Morgan fingerprint density at radius 2 is 2.30 bits per heavy atom. The fourth-order valence-electron chi connectivity index (χ4n) is 3.25. The monoisotopic (exact) mass is 279 g/mol. The first-order chi connectivity index (χ1) is 9.64. The Kier molecular flexibility index (Phi) is 3.56. The molecule has 0 bridgehead atoms. The Bertz CT molecular complexity index is 490. The summed E-state index contributed by atoms with van der Waals surface area (Å²) in [6, 6.07) is 3.55. The number of likely N-dealkylation sites (tertiary alicyclic amines) is 1. The van der Waals surface area contributed by atoms with Crippen molar-refractivity contribution < 1.29 is 18.7 Å². The summed E-state index contributed by atoms with van der Waals surface area (Å²) in [6.07, 6.45) is 2.06. The number of carbonyl (C=O) groups is 1. The second-order valence-corrected chi connectivity index (χ2v) is 5.75. The van der Waals surface area contributed by atoms with Gasteiger partial charge in [-0.15, -0.1) is 0 Å². The zero-order valence-electron chi connectivity index (χ0n) is 12.1. The molecule has 1 aromatic heterocycles. The molecular weight excluding hydrogens is 258 g/mol. The van der Waals surface area contributed by atoms with Crippen molar-refractivity contribution in [3.63, 3.8) is 0 Å². The zero-order chi connectivity index (χ0) is 14.2. The molecule has 1 amide bonds. The molecule has 2 aliphatic heterocycles. The molecule has 0 aromatic carbocycles. The fourth-order valence-corrected chi connectivity index (χ4v) is 3.25. The van der Waals surface area contributed by atoms with Crippen molar-refractivity contribution in [3.8, 4) is 0 Å². The maximum Gasteiger partial charge on any atom is 0.289 e. The second-order valence-electron chi connectivity index (χ2n) is 5.75. The van der Waals surface area contributed by atoms with Crippen LogP contribution >= 0.6 is 0 Å². The molecule has 2 saturated heterocycles. The minimum Gasteiger partial charge on any atom is -0.456 e. The Balaban J connectivity index is 1.61. The van der Waals surface area contributed by atoms with Gasteiger partial charge in [0.15, 0.2) is 5.76 Å². The molecular formula is C15H21NO4. The van der Waals surface area contributed by atoms with Crippen molar-refractivity contribution in [1.29, 1.82) is 0 Å². The molecule has 110 valence electrons. The first-order valence-corrected chi connectivity index (χ1v) is 7.13. The third-order valence-corrected chi connectivity index (χ3v) is 4.43. The van der Waals surface area contributed by atoms with Crippen molar-refractivity contribution in [2.45, 2.75) is 25.4 Å². The molecule has 1 spiro atoms. The molecule has 2 aliphatic rings. The maximum absolute atomic E-state index is 12.3. The molecule has 0 N–H and O–H groups in total. The van der Waals surface area contributed by atoms with E-state index >= 15 is 0 Å². The first-order valence-electron chi connectivity index (χ1n) is 7.13. The van der Waals surface area contributed by atoms with Crippen LogP contribution in [0.15, 0.2) is 16.5 Å². The number of hydrogen-bond donors (Lipinski definition) is 0. The van der Waals surface area contributed by atoms with E-state index in [1.54, 1.807) is 13.2 Å². The number of rotatable bonds is 4. The van der Waals surface area contributed by atoms with Crippen LogP contribution in [0.4, 0.5) is 0 Å². The molecule has 0 radical (unpaired) electrons. The van der Waals surface area contributed by atoms with Crippen LogP contribution in [0.25, 0.3) is 0 Å². The maximum atomic E-state index is 12.3. The Labute approximate surface area is 118 Å². The quantitative estimate of drug-likeness (QED) is 0.844. The number of carbonyl (C=O) groups excluding carboxylic acids is 1. The molecule has 3 rings (SSSR count). The van der Waals surface area contributed by atoms with E-state index in [-0.39, 0.29) is 11.5 Å². The number of methoxy groups -OCH3 is 1. The number of nitrogens with zero attached hydrogens (tertiary/aromatic N) is 1. The summed E-state index contributed by atoms with van der Waals surface area (Å²) in [5, 5.41) is 0. The molecule has 5 nitrogen and oxygen atoms in total. The summed E-state index contributed by atoms with van der Waals surface area (Å²) in [5.41, 5.74) is -0.143. The predicted molar refractivity (Wildman–Crippen MR) is 72.6 cm³/mol. The zero-order valence-corrected chi connectivity index (χ0v) is 12.1. The van der Waals surface area contributed by atoms with Crippen LogP contribution in [0.1, 0.15) is 29.2 Å². The third kappa shape index (κ3) is 2.25. The molecule has 0 saturated carbocycles. The highest BCUT2D eigenvalue weighted by Crippen LogP contribution is 2.42. The normalized spacial score (nSPS) is 24.1. The van der Waals surface area contributed by atoms with Gasteiger partial charge in [-0.25, -0.2) is 0 Å². The molecule has 5 heteroatoms. The van der Waals surface area contributed by atoms with Gasteiger partial charge in [-0.3, -0.25) is 4.79 Å². The lowest BCUT2D eigenvalue weighted by atomic mass is 9.79. The average Bonchev–Trinajstić information content (AvgIpc) is 2.99. The summed E-state index contributed by atoms with van der Waals surface area (Å²) in [6.45, 7) is 4.71. The SMILES string of the molecule is COCC[C@H]1CCOC12CN(C(=O)c1ccc(C)o1)C2. The van der Waals surface area contributed by atoms with E-state index in [2.05, 4.69) is 0 Å². The van der Waals surface area contributed by atoms with Gasteiger partial charge in [-0.1, -0.05) is 0 Å². The van der Waals surface area contributed by atoms with Crippen LogP contribution in [0.3, 0.4) is 0 Å². The minimum atomic E-state index is -0.143. The molecule has 20 heavy (non-hydrogen) atoms. The van der Waals surface area contributed by atoms with Gasteiger partial charge in [0, 0.05) is 20.3 Å². The van der Waals surface area contributed by atoms with Crippen molar-refractivity contribution in [1.82, 2.24) is 4.90 Å². The summed E-state index contributed by atoms with van der Waals surface area (Å²) >= 11 is 0. The van der Waals surface area contributed by atoms with E-state index in [4.69, 9.17) is 13.9 Å². The standard InChI is InChI=1S/C15H21NO4/c1-11-3-4-13(20-11)14(17)16-9-15(10-16)12(5-7-18-2)6-8-19-15/h3-4,12H,5-10H2,1-2H3/t12-/m0/s1. The van der Waals surface area contributed by atoms with Gasteiger partial charge in [0.1, 0.15) is 11.4 Å². The van der Waals surface area contributed by atoms with Crippen molar-refractivity contribution in [2.24, 2.45) is 5.92 Å². The first kappa shape index (κ1) is 13.6. The number of hydrogen-bond acceptors (Lipinski definition) is 4. The lowest BCUT2D eigenvalue weighted by molar-refractivity contribution is -0.120. The van der Waals surface area contributed by atoms with Gasteiger partial charge in [-0.2, -0.15) is 0 Å². The van der Waals surface area contributed by atoms with Gasteiger partial charge in [0.05, 0.1) is 13.1 Å². The van der Waals surface area contributed by atoms with E-state index in [9.17, 15) is 4.79 Å². The van der Waals surface area contributed by atoms with Crippen molar-refractivity contribution in [2.75, 3.05) is 33.4 Å². The Hall–Kier alpha value is -1.33. The smallest absolute Gasteiger partial charge is 0.289 e. The molecule has 0 unspecified atom stereocenters. The van der Waals surface area contributed by atoms with Gasteiger partial charge in [0.2, 0.25) is 0 Å². The van der Waals surface area contributed by atoms with Crippen LogP contribution in [-0.4, -0.2) is 49.8 Å². The summed E-state index contributed by atoms with van der Waals surface area (Å²) in [5.74, 6) is 1.64. The van der Waals surface area contributed by atoms with Gasteiger partial charge >= 0.3 is 0 Å². The minimum absolute atomic E-state index is 0.0373. The van der Waals surface area contributed by atoms with E-state index in [1.165, 1.54) is 0 Å². The van der Waals surface area contributed by atoms with Crippen LogP contribution in [-0.2, 0) is 9.47 Å². The highest BCUT2D eigenvalue weighted by Gasteiger charge is 2.54. The second kappa shape index (κ2) is 5.22. The highest BCUT2D eigenvalue weighted by molar-refractivity contribution is 5.92. The molecule has 3 heterocycles. The lowest BCUT2D eigenvalue weighted by Gasteiger charge is -2.50. The lowest BCUT2D eigenvalue weighted by Crippen LogP contribution is -2.66. The highest BCUT2D eigenvalue weighted by atomic mass is 16.5. The van der Waals surface area contributed by atoms with E-state index in [1.807, 2.05) is 17.9 Å². The van der Waals surface area contributed by atoms with E-state index in [0.717, 1.165) is 31.8 Å². The van der Waals surface area contributed by atoms with Gasteiger partial charge in [0.25, 0.3) is 5.91 Å². The molecule has 0 aliphatic carbocycles. The predicted octanol–water partition coefficient (Wildman–Crippen LogP) is 1.86. The summed E-state index contributed by atoms with van der Waals surface area (Å²) in [7, 11) is 1.72. The summed E-state index contributed by atoms with van der Waals surface area (Å²) in [4.78, 5) is 14.1.